The van der Waals surface area contributed by atoms with Gasteiger partial charge < -0.3 is 5.32 Å². The van der Waals surface area contributed by atoms with Gasteiger partial charge in [0.15, 0.2) is 0 Å². The zero-order chi connectivity index (χ0) is 14.3. The van der Waals surface area contributed by atoms with E-state index < -0.39 is 10.0 Å². The summed E-state index contributed by atoms with van der Waals surface area (Å²) in [6.07, 6.45) is 2.79. The van der Waals surface area contributed by atoms with Gasteiger partial charge >= 0.3 is 0 Å². The summed E-state index contributed by atoms with van der Waals surface area (Å²) in [5, 5.41) is 3.04. The van der Waals surface area contributed by atoms with Crippen LogP contribution < -0.4 is 5.32 Å². The molecule has 1 aliphatic heterocycles. The molecule has 1 unspecified atom stereocenters. The summed E-state index contributed by atoms with van der Waals surface area (Å²) in [4.78, 5) is 2.38. The second-order valence-corrected chi connectivity index (χ2v) is 7.41. The lowest BCUT2D eigenvalue weighted by Crippen LogP contribution is -2.51. The van der Waals surface area contributed by atoms with Crippen molar-refractivity contribution in [3.8, 4) is 0 Å². The average molecular weight is 291 g/mol. The van der Waals surface area contributed by atoms with Gasteiger partial charge in [-0.05, 0) is 39.8 Å². The zero-order valence-electron chi connectivity index (χ0n) is 12.6. The van der Waals surface area contributed by atoms with Crippen molar-refractivity contribution in [2.24, 2.45) is 0 Å². The van der Waals surface area contributed by atoms with Crippen molar-refractivity contribution >= 4 is 10.0 Å². The molecule has 0 spiro atoms. The van der Waals surface area contributed by atoms with Crippen molar-refractivity contribution in [2.75, 3.05) is 45.5 Å². The summed E-state index contributed by atoms with van der Waals surface area (Å²) in [6, 6.07) is 0.556. The quantitative estimate of drug-likeness (QED) is 0.670. The lowest BCUT2D eigenvalue weighted by atomic mass is 10.2. The summed E-state index contributed by atoms with van der Waals surface area (Å²) < 4.78 is 26.0. The van der Waals surface area contributed by atoms with Crippen LogP contribution in [0.5, 0.6) is 0 Å². The van der Waals surface area contributed by atoms with E-state index in [4.69, 9.17) is 0 Å². The van der Waals surface area contributed by atoms with E-state index in [-0.39, 0.29) is 5.75 Å². The Labute approximate surface area is 118 Å². The van der Waals surface area contributed by atoms with Crippen molar-refractivity contribution in [1.29, 1.82) is 0 Å². The molecule has 1 heterocycles. The number of nitrogens with zero attached hydrogens (tertiary/aromatic N) is 2. The third-order valence-electron chi connectivity index (χ3n) is 3.96. The highest BCUT2D eigenvalue weighted by molar-refractivity contribution is 7.89. The molecule has 6 heteroatoms. The second kappa shape index (κ2) is 8.19. The summed E-state index contributed by atoms with van der Waals surface area (Å²) >= 11 is 0. The number of hydrogen-bond donors (Lipinski definition) is 1. The Morgan fingerprint density at radius 3 is 2.32 bits per heavy atom. The molecule has 0 aliphatic carbocycles. The number of nitrogens with one attached hydrogen (secondary N) is 1. The van der Waals surface area contributed by atoms with Crippen molar-refractivity contribution in [3.05, 3.63) is 0 Å². The molecule has 0 aromatic heterocycles. The molecule has 0 aromatic rings. The molecular formula is C13H29N3O2S. The standard InChI is InChI=1S/C13H29N3O2S/c1-4-13(2)15-8-10-16(11-9-15)19(17,18)12-6-5-7-14-3/h13-14H,4-12H2,1-3H3. The molecule has 1 N–H and O–H groups in total. The predicted molar refractivity (Wildman–Crippen MR) is 79.8 cm³/mol. The van der Waals surface area contributed by atoms with Crippen LogP contribution in [0, 0.1) is 0 Å². The van der Waals surface area contributed by atoms with Crippen LogP contribution in [0.3, 0.4) is 0 Å². The topological polar surface area (TPSA) is 52.7 Å². The number of sulfonamides is 1. The van der Waals surface area contributed by atoms with E-state index in [1.165, 1.54) is 0 Å². The first kappa shape index (κ1) is 16.9. The van der Waals surface area contributed by atoms with Crippen LogP contribution in [0.25, 0.3) is 0 Å². The fraction of sp³-hybridized carbons (Fsp3) is 1.00. The number of hydrogen-bond acceptors (Lipinski definition) is 4. The lowest BCUT2D eigenvalue weighted by molar-refractivity contribution is 0.142. The Bertz CT molecular complexity index is 338. The molecule has 19 heavy (non-hydrogen) atoms. The number of unbranched alkanes of at least 4 members (excludes halogenated alkanes) is 1. The van der Waals surface area contributed by atoms with Gasteiger partial charge in [-0.15, -0.1) is 0 Å². The maximum Gasteiger partial charge on any atom is 0.214 e. The van der Waals surface area contributed by atoms with Crippen molar-refractivity contribution in [1.82, 2.24) is 14.5 Å². The van der Waals surface area contributed by atoms with Gasteiger partial charge in [-0.25, -0.2) is 8.42 Å². The third-order valence-corrected chi connectivity index (χ3v) is 5.92. The summed E-state index contributed by atoms with van der Waals surface area (Å²) in [7, 11) is -1.15. The van der Waals surface area contributed by atoms with Gasteiger partial charge in [0, 0.05) is 32.2 Å². The smallest absolute Gasteiger partial charge is 0.214 e. The maximum absolute atomic E-state index is 12.2. The first-order valence-electron chi connectivity index (χ1n) is 7.37. The minimum atomic E-state index is -3.04. The molecule has 1 saturated heterocycles. The molecule has 1 aliphatic rings. The number of piperazine rings is 1. The largest absolute Gasteiger partial charge is 0.320 e. The predicted octanol–water partition coefficient (Wildman–Crippen LogP) is 0.732. The highest BCUT2D eigenvalue weighted by Crippen LogP contribution is 2.13. The van der Waals surface area contributed by atoms with Gasteiger partial charge in [-0.2, -0.15) is 4.31 Å². The van der Waals surface area contributed by atoms with Crippen molar-refractivity contribution in [3.63, 3.8) is 0 Å². The molecule has 114 valence electrons. The zero-order valence-corrected chi connectivity index (χ0v) is 13.4. The Hall–Kier alpha value is -0.170. The van der Waals surface area contributed by atoms with E-state index in [9.17, 15) is 8.42 Å². The molecule has 0 saturated carbocycles. The minimum absolute atomic E-state index is 0.290. The van der Waals surface area contributed by atoms with Crippen LogP contribution in [0.4, 0.5) is 0 Å². The summed E-state index contributed by atoms with van der Waals surface area (Å²) in [5.74, 6) is 0.290. The molecule has 0 bridgehead atoms. The fourth-order valence-electron chi connectivity index (χ4n) is 2.40. The van der Waals surface area contributed by atoms with Gasteiger partial charge in [0.25, 0.3) is 0 Å². The van der Waals surface area contributed by atoms with E-state index in [1.807, 2.05) is 7.05 Å². The van der Waals surface area contributed by atoms with E-state index in [0.717, 1.165) is 38.9 Å². The molecule has 1 rings (SSSR count). The van der Waals surface area contributed by atoms with Gasteiger partial charge in [-0.3, -0.25) is 4.90 Å². The Morgan fingerprint density at radius 2 is 1.79 bits per heavy atom. The third kappa shape index (κ3) is 5.38. The van der Waals surface area contributed by atoms with Crippen LogP contribution >= 0.6 is 0 Å². The van der Waals surface area contributed by atoms with E-state index in [1.54, 1.807) is 4.31 Å². The van der Waals surface area contributed by atoms with Crippen LogP contribution in [-0.4, -0.2) is 69.2 Å². The molecule has 0 amide bonds. The van der Waals surface area contributed by atoms with Gasteiger partial charge in [0.2, 0.25) is 10.0 Å². The molecular weight excluding hydrogens is 262 g/mol. The maximum atomic E-state index is 12.2. The first-order chi connectivity index (χ1) is 9.01. The molecule has 0 aromatic carbocycles. The van der Waals surface area contributed by atoms with E-state index in [0.29, 0.717) is 19.1 Å². The SMILES string of the molecule is CCC(C)N1CCN(S(=O)(=O)CCCCNC)CC1. The fourth-order valence-corrected chi connectivity index (χ4v) is 3.94. The van der Waals surface area contributed by atoms with Crippen LogP contribution in [0.1, 0.15) is 33.1 Å². The van der Waals surface area contributed by atoms with Crippen LogP contribution in [0.2, 0.25) is 0 Å². The monoisotopic (exact) mass is 291 g/mol. The molecule has 0 radical (unpaired) electrons. The van der Waals surface area contributed by atoms with Crippen molar-refractivity contribution in [2.45, 2.75) is 39.2 Å². The number of rotatable bonds is 8. The first-order valence-corrected chi connectivity index (χ1v) is 8.98. The summed E-state index contributed by atoms with van der Waals surface area (Å²) in [6.45, 7) is 8.31. The Balaban J connectivity index is 2.36. The normalized spacial score (nSPS) is 20.6. The van der Waals surface area contributed by atoms with Gasteiger partial charge in [-0.1, -0.05) is 6.92 Å². The second-order valence-electron chi connectivity index (χ2n) is 5.32. The van der Waals surface area contributed by atoms with E-state index >= 15 is 0 Å². The van der Waals surface area contributed by atoms with Crippen LogP contribution in [0.15, 0.2) is 0 Å². The Kier molecular flexibility index (Phi) is 7.28. The molecule has 1 fully saturated rings. The lowest BCUT2D eigenvalue weighted by Gasteiger charge is -2.37. The average Bonchev–Trinajstić information content (AvgIpc) is 2.43. The highest BCUT2D eigenvalue weighted by atomic mass is 32.2. The summed E-state index contributed by atoms with van der Waals surface area (Å²) in [5.41, 5.74) is 0. The van der Waals surface area contributed by atoms with E-state index in [2.05, 4.69) is 24.1 Å². The molecule has 5 nitrogen and oxygen atoms in total. The Morgan fingerprint density at radius 1 is 1.16 bits per heavy atom. The van der Waals surface area contributed by atoms with Gasteiger partial charge in [0.05, 0.1) is 5.75 Å². The highest BCUT2D eigenvalue weighted by Gasteiger charge is 2.27. The molecule has 1 atom stereocenters. The van der Waals surface area contributed by atoms with Crippen molar-refractivity contribution < 1.29 is 8.42 Å². The van der Waals surface area contributed by atoms with Gasteiger partial charge in [0.1, 0.15) is 0 Å². The van der Waals surface area contributed by atoms with Crippen LogP contribution in [-0.2, 0) is 10.0 Å². The minimum Gasteiger partial charge on any atom is -0.320 e.